The lowest BCUT2D eigenvalue weighted by molar-refractivity contribution is -0.117. The van der Waals surface area contributed by atoms with Crippen molar-refractivity contribution in [3.8, 4) is 0 Å². The molecule has 1 fully saturated rings. The van der Waals surface area contributed by atoms with E-state index in [1.54, 1.807) is 6.08 Å². The van der Waals surface area contributed by atoms with Crippen molar-refractivity contribution in [3.05, 3.63) is 42.2 Å². The van der Waals surface area contributed by atoms with E-state index in [0.717, 1.165) is 6.07 Å². The number of rotatable bonds is 3. The first-order chi connectivity index (χ1) is 8.54. The zero-order chi connectivity index (χ0) is 13.3. The van der Waals surface area contributed by atoms with Gasteiger partial charge in [0.2, 0.25) is 5.91 Å². The van der Waals surface area contributed by atoms with Crippen LogP contribution in [-0.4, -0.2) is 23.5 Å². The number of carboxylic acid groups (broad SMARTS) is 1. The van der Waals surface area contributed by atoms with Crippen LogP contribution in [0.4, 0.5) is 10.1 Å². The summed E-state index contributed by atoms with van der Waals surface area (Å²) >= 11 is 0. The summed E-state index contributed by atoms with van der Waals surface area (Å²) in [6.45, 7) is 3.95. The van der Waals surface area contributed by atoms with Gasteiger partial charge in [-0.15, -0.1) is 6.58 Å². The van der Waals surface area contributed by atoms with Crippen LogP contribution in [-0.2, 0) is 4.79 Å². The molecule has 1 aromatic rings. The predicted molar refractivity (Wildman–Crippen MR) is 64.0 cm³/mol. The Kier molecular flexibility index (Phi) is 3.14. The fourth-order valence-corrected chi connectivity index (χ4v) is 2.08. The van der Waals surface area contributed by atoms with Gasteiger partial charge in [-0.3, -0.25) is 4.79 Å². The van der Waals surface area contributed by atoms with Gasteiger partial charge in [-0.25, -0.2) is 9.18 Å². The van der Waals surface area contributed by atoms with Crippen molar-refractivity contribution in [2.24, 2.45) is 5.92 Å². The highest BCUT2D eigenvalue weighted by atomic mass is 19.1. The number of anilines is 1. The molecule has 1 N–H and O–H groups in total. The van der Waals surface area contributed by atoms with E-state index in [4.69, 9.17) is 5.11 Å². The minimum atomic E-state index is -1.38. The van der Waals surface area contributed by atoms with Gasteiger partial charge in [0.05, 0.1) is 5.69 Å². The quantitative estimate of drug-likeness (QED) is 0.834. The van der Waals surface area contributed by atoms with E-state index in [1.807, 2.05) is 0 Å². The molecule has 1 atom stereocenters. The van der Waals surface area contributed by atoms with E-state index in [2.05, 4.69) is 6.58 Å². The Bertz CT molecular complexity index is 527. The first-order valence-corrected chi connectivity index (χ1v) is 5.49. The highest BCUT2D eigenvalue weighted by molar-refractivity contribution is 6.03. The molecule has 18 heavy (non-hydrogen) atoms. The topological polar surface area (TPSA) is 57.6 Å². The molecule has 94 valence electrons. The number of aromatic carboxylic acids is 1. The van der Waals surface area contributed by atoms with Crippen molar-refractivity contribution in [2.75, 3.05) is 11.4 Å². The van der Waals surface area contributed by atoms with Crippen LogP contribution in [0.2, 0.25) is 0 Å². The van der Waals surface area contributed by atoms with Gasteiger partial charge in [0.25, 0.3) is 0 Å². The summed E-state index contributed by atoms with van der Waals surface area (Å²) in [5.41, 5.74) is -0.354. The normalized spacial score (nSPS) is 19.1. The number of carbonyl (C=O) groups is 2. The second-order valence-electron chi connectivity index (χ2n) is 4.14. The zero-order valence-electron chi connectivity index (χ0n) is 9.60. The number of benzene rings is 1. The largest absolute Gasteiger partial charge is 0.478 e. The smallest absolute Gasteiger partial charge is 0.340 e. The zero-order valence-corrected chi connectivity index (χ0v) is 9.60. The molecular weight excluding hydrogens is 237 g/mol. The Labute approximate surface area is 103 Å². The van der Waals surface area contributed by atoms with Gasteiger partial charge >= 0.3 is 5.97 Å². The molecule has 0 aliphatic carbocycles. The van der Waals surface area contributed by atoms with Crippen LogP contribution >= 0.6 is 0 Å². The molecule has 1 unspecified atom stereocenters. The summed E-state index contributed by atoms with van der Waals surface area (Å²) in [5, 5.41) is 9.02. The Hall–Kier alpha value is -2.17. The van der Waals surface area contributed by atoms with Gasteiger partial charge in [-0.05, 0) is 12.1 Å². The summed E-state index contributed by atoms with van der Waals surface area (Å²) < 4.78 is 13.5. The number of carbonyl (C=O) groups excluding carboxylic acids is 1. The Morgan fingerprint density at radius 2 is 2.28 bits per heavy atom. The van der Waals surface area contributed by atoms with Crippen LogP contribution in [0.25, 0.3) is 0 Å². The average Bonchev–Trinajstić information content (AvgIpc) is 2.69. The van der Waals surface area contributed by atoms with E-state index in [1.165, 1.54) is 17.0 Å². The molecule has 0 aromatic heterocycles. The Morgan fingerprint density at radius 1 is 1.56 bits per heavy atom. The lowest BCUT2D eigenvalue weighted by atomic mass is 10.1. The number of amides is 1. The summed E-state index contributed by atoms with van der Waals surface area (Å²) in [7, 11) is 0. The first kappa shape index (κ1) is 12.3. The van der Waals surface area contributed by atoms with Crippen molar-refractivity contribution in [1.82, 2.24) is 0 Å². The van der Waals surface area contributed by atoms with Crippen LogP contribution in [0, 0.1) is 11.7 Å². The van der Waals surface area contributed by atoms with Crippen molar-refractivity contribution in [2.45, 2.75) is 6.42 Å². The molecule has 1 aliphatic rings. The van der Waals surface area contributed by atoms with E-state index in [9.17, 15) is 14.0 Å². The number of carboxylic acids is 1. The minimum Gasteiger partial charge on any atom is -0.478 e. The second kappa shape index (κ2) is 4.60. The minimum absolute atomic E-state index is 0.0255. The molecule has 0 bridgehead atoms. The molecule has 2 rings (SSSR count). The number of nitrogens with zero attached hydrogens (tertiary/aromatic N) is 1. The van der Waals surface area contributed by atoms with E-state index < -0.39 is 17.3 Å². The third-order valence-corrected chi connectivity index (χ3v) is 2.98. The molecular formula is C13H12FNO3. The lowest BCUT2D eigenvalue weighted by Crippen LogP contribution is -2.26. The molecule has 1 aromatic carbocycles. The lowest BCUT2D eigenvalue weighted by Gasteiger charge is -2.18. The highest BCUT2D eigenvalue weighted by Gasteiger charge is 2.32. The van der Waals surface area contributed by atoms with Crippen molar-refractivity contribution < 1.29 is 19.1 Å². The van der Waals surface area contributed by atoms with Gasteiger partial charge < -0.3 is 10.0 Å². The van der Waals surface area contributed by atoms with Gasteiger partial charge in [0, 0.05) is 18.9 Å². The molecule has 0 radical (unpaired) electrons. The van der Waals surface area contributed by atoms with Gasteiger partial charge in [-0.1, -0.05) is 12.1 Å². The molecule has 0 spiro atoms. The van der Waals surface area contributed by atoms with Crippen molar-refractivity contribution in [1.29, 1.82) is 0 Å². The molecule has 1 saturated heterocycles. The van der Waals surface area contributed by atoms with Crippen LogP contribution in [0.1, 0.15) is 16.8 Å². The Balaban J connectivity index is 2.46. The monoisotopic (exact) mass is 249 g/mol. The SMILES string of the molecule is C=CC1CC(=O)N(c2cccc(F)c2C(=O)O)C1. The molecule has 1 aliphatic heterocycles. The van der Waals surface area contributed by atoms with E-state index in [-0.39, 0.29) is 23.9 Å². The average molecular weight is 249 g/mol. The van der Waals surface area contributed by atoms with Crippen LogP contribution in [0.15, 0.2) is 30.9 Å². The summed E-state index contributed by atoms with van der Waals surface area (Å²) in [6, 6.07) is 3.90. The molecule has 5 heteroatoms. The van der Waals surface area contributed by atoms with Crippen molar-refractivity contribution >= 4 is 17.6 Å². The summed E-state index contributed by atoms with van der Waals surface area (Å²) in [5.74, 6) is -2.46. The number of hydrogen-bond donors (Lipinski definition) is 1. The molecule has 1 amide bonds. The molecule has 1 heterocycles. The second-order valence-corrected chi connectivity index (χ2v) is 4.14. The number of halogens is 1. The van der Waals surface area contributed by atoms with Crippen LogP contribution in [0.3, 0.4) is 0 Å². The summed E-state index contributed by atoms with van der Waals surface area (Å²) in [4.78, 5) is 24.2. The standard InChI is InChI=1S/C13H12FNO3/c1-2-8-6-11(16)15(7-8)10-5-3-4-9(14)12(10)13(17)18/h2-5,8H,1,6-7H2,(H,17,18). The predicted octanol–water partition coefficient (Wildman–Crippen LogP) is 2.06. The first-order valence-electron chi connectivity index (χ1n) is 5.49. The van der Waals surface area contributed by atoms with Gasteiger partial charge in [0.1, 0.15) is 11.4 Å². The van der Waals surface area contributed by atoms with Gasteiger partial charge in [-0.2, -0.15) is 0 Å². The maximum Gasteiger partial charge on any atom is 0.340 e. The maximum atomic E-state index is 13.5. The fourth-order valence-electron chi connectivity index (χ4n) is 2.08. The molecule has 0 saturated carbocycles. The van der Waals surface area contributed by atoms with Crippen LogP contribution in [0.5, 0.6) is 0 Å². The van der Waals surface area contributed by atoms with Crippen molar-refractivity contribution in [3.63, 3.8) is 0 Å². The third-order valence-electron chi connectivity index (χ3n) is 2.98. The highest BCUT2D eigenvalue weighted by Crippen LogP contribution is 2.29. The Morgan fingerprint density at radius 3 is 2.83 bits per heavy atom. The molecule has 4 nitrogen and oxygen atoms in total. The summed E-state index contributed by atoms with van der Waals surface area (Å²) in [6.07, 6.45) is 1.93. The van der Waals surface area contributed by atoms with Crippen LogP contribution < -0.4 is 4.90 Å². The fraction of sp³-hybridized carbons (Fsp3) is 0.231. The maximum absolute atomic E-state index is 13.5. The van der Waals surface area contributed by atoms with Gasteiger partial charge in [0.15, 0.2) is 0 Å². The third kappa shape index (κ3) is 1.99. The number of hydrogen-bond acceptors (Lipinski definition) is 2. The van der Waals surface area contributed by atoms with E-state index >= 15 is 0 Å². The van der Waals surface area contributed by atoms with E-state index in [0.29, 0.717) is 6.54 Å².